The van der Waals surface area contributed by atoms with Crippen molar-refractivity contribution in [2.45, 2.75) is 13.3 Å². The second-order valence-electron chi connectivity index (χ2n) is 7.67. The molecule has 2 heterocycles. The topological polar surface area (TPSA) is 69.0 Å². The van der Waals surface area contributed by atoms with E-state index in [9.17, 15) is 9.59 Å². The number of hydrogen-bond acceptors (Lipinski definition) is 3. The fourth-order valence-corrected chi connectivity index (χ4v) is 4.18. The van der Waals surface area contributed by atoms with Gasteiger partial charge in [0.1, 0.15) is 0 Å². The zero-order valence-electron chi connectivity index (χ0n) is 16.6. The molecule has 0 aliphatic heterocycles. The summed E-state index contributed by atoms with van der Waals surface area (Å²) >= 11 is 0. The summed E-state index contributed by atoms with van der Waals surface area (Å²) in [6, 6.07) is 15.0. The number of nitrogens with one attached hydrogen (secondary N) is 2. The van der Waals surface area contributed by atoms with E-state index in [1.165, 1.54) is 5.56 Å². The van der Waals surface area contributed by atoms with Gasteiger partial charge in [0.25, 0.3) is 0 Å². The average Bonchev–Trinajstić information content (AvgIpc) is 2.72. The maximum atomic E-state index is 13.3. The van der Waals surface area contributed by atoms with Crippen molar-refractivity contribution in [1.82, 2.24) is 9.97 Å². The molecule has 0 aliphatic rings. The third-order valence-corrected chi connectivity index (χ3v) is 5.68. The molecule has 0 amide bonds. The standard InChI is InChI=1S/C24H21N3O2/c1-4-13-9-19-17(12-22(13)27(2)3)24(29)16-11-20-15(10-21(16)26-19)23(28)14-7-5-6-8-18(14)25-20/h5-12H,4H2,1-3H3,(H,25,28)(H,26,29). The van der Waals surface area contributed by atoms with E-state index in [0.717, 1.165) is 23.1 Å². The van der Waals surface area contributed by atoms with Gasteiger partial charge in [-0.1, -0.05) is 19.1 Å². The lowest BCUT2D eigenvalue weighted by molar-refractivity contribution is 1.06. The van der Waals surface area contributed by atoms with Crippen LogP contribution in [-0.2, 0) is 6.42 Å². The molecule has 0 aliphatic carbocycles. The zero-order valence-corrected chi connectivity index (χ0v) is 16.6. The van der Waals surface area contributed by atoms with Gasteiger partial charge in [-0.05, 0) is 48.4 Å². The van der Waals surface area contributed by atoms with Crippen molar-refractivity contribution in [1.29, 1.82) is 0 Å². The summed E-state index contributed by atoms with van der Waals surface area (Å²) in [5.74, 6) is 0. The molecule has 0 bridgehead atoms. The van der Waals surface area contributed by atoms with Gasteiger partial charge < -0.3 is 14.9 Å². The summed E-state index contributed by atoms with van der Waals surface area (Å²) in [5.41, 5.74) is 5.06. The number of nitrogens with zero attached hydrogens (tertiary/aromatic N) is 1. The number of aryl methyl sites for hydroxylation is 1. The second kappa shape index (κ2) is 6.21. The van der Waals surface area contributed by atoms with Crippen LogP contribution in [0.1, 0.15) is 12.5 Å². The first-order valence-corrected chi connectivity index (χ1v) is 9.72. The number of pyridine rings is 2. The summed E-state index contributed by atoms with van der Waals surface area (Å²) in [7, 11) is 3.97. The minimum atomic E-state index is -0.0330. The van der Waals surface area contributed by atoms with Crippen LogP contribution in [0.5, 0.6) is 0 Å². The van der Waals surface area contributed by atoms with E-state index in [-0.39, 0.29) is 10.9 Å². The molecule has 0 fully saturated rings. The maximum absolute atomic E-state index is 13.3. The number of H-pyrrole nitrogens is 2. The minimum Gasteiger partial charge on any atom is -0.377 e. The highest BCUT2D eigenvalue weighted by atomic mass is 16.1. The molecule has 0 saturated heterocycles. The molecule has 2 N–H and O–H groups in total. The van der Waals surface area contributed by atoms with Crippen LogP contribution in [0.4, 0.5) is 5.69 Å². The second-order valence-corrected chi connectivity index (χ2v) is 7.67. The molecule has 0 unspecified atom stereocenters. The van der Waals surface area contributed by atoms with E-state index in [2.05, 4.69) is 16.9 Å². The molecule has 0 saturated carbocycles. The monoisotopic (exact) mass is 383 g/mol. The highest BCUT2D eigenvalue weighted by Gasteiger charge is 2.13. The van der Waals surface area contributed by atoms with E-state index in [1.807, 2.05) is 55.4 Å². The van der Waals surface area contributed by atoms with Gasteiger partial charge in [-0.3, -0.25) is 9.59 Å². The Morgan fingerprint density at radius 3 is 1.93 bits per heavy atom. The summed E-state index contributed by atoms with van der Waals surface area (Å²) in [6.45, 7) is 2.10. The van der Waals surface area contributed by atoms with Crippen LogP contribution < -0.4 is 15.8 Å². The third-order valence-electron chi connectivity index (χ3n) is 5.68. The number of fused-ring (bicyclic) bond motifs is 4. The van der Waals surface area contributed by atoms with Crippen LogP contribution in [-0.4, -0.2) is 24.1 Å². The number of benzene rings is 3. The Balaban J connectivity index is 1.93. The first kappa shape index (κ1) is 17.5. The first-order chi connectivity index (χ1) is 14.0. The van der Waals surface area contributed by atoms with Gasteiger partial charge >= 0.3 is 0 Å². The number of aromatic nitrogens is 2. The van der Waals surface area contributed by atoms with Crippen molar-refractivity contribution < 1.29 is 0 Å². The zero-order chi connectivity index (χ0) is 20.3. The number of aromatic amines is 2. The quantitative estimate of drug-likeness (QED) is 0.447. The van der Waals surface area contributed by atoms with E-state index in [4.69, 9.17) is 0 Å². The Labute approximate surface area is 166 Å². The lowest BCUT2D eigenvalue weighted by Gasteiger charge is -2.18. The molecule has 5 aromatic rings. The highest BCUT2D eigenvalue weighted by Crippen LogP contribution is 2.27. The Bertz CT molecular complexity index is 1560. The molecule has 144 valence electrons. The Morgan fingerprint density at radius 2 is 1.28 bits per heavy atom. The van der Waals surface area contributed by atoms with Gasteiger partial charge in [0.15, 0.2) is 10.9 Å². The smallest absolute Gasteiger partial charge is 0.197 e. The van der Waals surface area contributed by atoms with E-state index in [1.54, 1.807) is 12.1 Å². The van der Waals surface area contributed by atoms with Gasteiger partial charge in [0, 0.05) is 46.8 Å². The lowest BCUT2D eigenvalue weighted by atomic mass is 10.0. The normalized spacial score (nSPS) is 11.7. The molecule has 29 heavy (non-hydrogen) atoms. The molecule has 0 atom stereocenters. The Hall–Kier alpha value is -3.60. The van der Waals surface area contributed by atoms with Crippen LogP contribution in [0.15, 0.2) is 58.1 Å². The van der Waals surface area contributed by atoms with Crippen molar-refractivity contribution in [2.75, 3.05) is 19.0 Å². The van der Waals surface area contributed by atoms with Crippen LogP contribution in [0.2, 0.25) is 0 Å². The summed E-state index contributed by atoms with van der Waals surface area (Å²) in [6.07, 6.45) is 0.868. The fraction of sp³-hybridized carbons (Fsp3) is 0.167. The van der Waals surface area contributed by atoms with Crippen molar-refractivity contribution >= 4 is 49.3 Å². The number of anilines is 1. The Kier molecular flexibility index (Phi) is 3.74. The first-order valence-electron chi connectivity index (χ1n) is 9.72. The molecule has 0 spiro atoms. The van der Waals surface area contributed by atoms with Crippen molar-refractivity contribution in [3.8, 4) is 0 Å². The van der Waals surface area contributed by atoms with Crippen LogP contribution in [0.3, 0.4) is 0 Å². The van der Waals surface area contributed by atoms with Gasteiger partial charge in [-0.25, -0.2) is 0 Å². The average molecular weight is 383 g/mol. The molecule has 0 radical (unpaired) electrons. The summed E-state index contributed by atoms with van der Waals surface area (Å²) in [4.78, 5) is 35.0. The van der Waals surface area contributed by atoms with E-state index < -0.39 is 0 Å². The molecule has 5 rings (SSSR count). The predicted molar refractivity (Wildman–Crippen MR) is 121 cm³/mol. The van der Waals surface area contributed by atoms with Crippen LogP contribution in [0, 0.1) is 0 Å². The molecule has 5 heteroatoms. The third kappa shape index (κ3) is 2.54. The van der Waals surface area contributed by atoms with Gasteiger partial charge in [-0.2, -0.15) is 0 Å². The van der Waals surface area contributed by atoms with Crippen molar-refractivity contribution in [3.05, 3.63) is 74.5 Å². The largest absolute Gasteiger partial charge is 0.377 e. The molecule has 2 aromatic heterocycles. The molecular weight excluding hydrogens is 362 g/mol. The number of rotatable bonds is 2. The van der Waals surface area contributed by atoms with E-state index >= 15 is 0 Å². The summed E-state index contributed by atoms with van der Waals surface area (Å²) in [5, 5.41) is 2.45. The van der Waals surface area contributed by atoms with Gasteiger partial charge in [-0.15, -0.1) is 0 Å². The predicted octanol–water partition coefficient (Wildman–Crippen LogP) is 4.30. The summed E-state index contributed by atoms with van der Waals surface area (Å²) < 4.78 is 0. The van der Waals surface area contributed by atoms with Crippen molar-refractivity contribution in [3.63, 3.8) is 0 Å². The minimum absolute atomic E-state index is 0.0320. The highest BCUT2D eigenvalue weighted by molar-refractivity contribution is 6.03. The lowest BCUT2D eigenvalue weighted by Crippen LogP contribution is -2.13. The maximum Gasteiger partial charge on any atom is 0.197 e. The van der Waals surface area contributed by atoms with E-state index in [0.29, 0.717) is 32.6 Å². The van der Waals surface area contributed by atoms with Crippen molar-refractivity contribution in [2.24, 2.45) is 0 Å². The SMILES string of the molecule is CCc1cc2[nH]c3cc4c(=O)c5ccccc5[nH]c4cc3c(=O)c2cc1N(C)C. The van der Waals surface area contributed by atoms with Gasteiger partial charge in [0.2, 0.25) is 0 Å². The molecule has 3 aromatic carbocycles. The van der Waals surface area contributed by atoms with Gasteiger partial charge in [0.05, 0.1) is 16.6 Å². The number of hydrogen-bond donors (Lipinski definition) is 2. The Morgan fingerprint density at radius 1 is 0.724 bits per heavy atom. The fourth-order valence-electron chi connectivity index (χ4n) is 4.18. The number of para-hydroxylation sites is 1. The molecule has 5 nitrogen and oxygen atoms in total. The van der Waals surface area contributed by atoms with Crippen LogP contribution >= 0.6 is 0 Å². The molecular formula is C24H21N3O2. The van der Waals surface area contributed by atoms with Crippen LogP contribution in [0.25, 0.3) is 43.6 Å².